The summed E-state index contributed by atoms with van der Waals surface area (Å²) in [6.45, 7) is 3.80. The monoisotopic (exact) mass is 298 g/mol. The SMILES string of the molecule is Cc1cccc(NC(=O)c2cc(F)cc(N3CCCC3)c2)c1. The summed E-state index contributed by atoms with van der Waals surface area (Å²) in [5.41, 5.74) is 2.92. The summed E-state index contributed by atoms with van der Waals surface area (Å²) >= 11 is 0. The van der Waals surface area contributed by atoms with Gasteiger partial charge in [-0.25, -0.2) is 4.39 Å². The molecule has 1 saturated heterocycles. The van der Waals surface area contributed by atoms with E-state index in [1.54, 1.807) is 6.07 Å². The van der Waals surface area contributed by atoms with Gasteiger partial charge in [-0.2, -0.15) is 0 Å². The fraction of sp³-hybridized carbons (Fsp3) is 0.278. The minimum Gasteiger partial charge on any atom is -0.371 e. The van der Waals surface area contributed by atoms with Crippen molar-refractivity contribution in [3.05, 3.63) is 59.4 Å². The minimum absolute atomic E-state index is 0.287. The van der Waals surface area contributed by atoms with Crippen LogP contribution in [0.4, 0.5) is 15.8 Å². The van der Waals surface area contributed by atoms with Gasteiger partial charge in [0.05, 0.1) is 0 Å². The third kappa shape index (κ3) is 3.27. The number of benzene rings is 2. The van der Waals surface area contributed by atoms with Gasteiger partial charge in [0.2, 0.25) is 0 Å². The lowest BCUT2D eigenvalue weighted by molar-refractivity contribution is 0.102. The van der Waals surface area contributed by atoms with Gasteiger partial charge in [-0.05, 0) is 55.7 Å². The fourth-order valence-electron chi connectivity index (χ4n) is 2.79. The van der Waals surface area contributed by atoms with E-state index in [0.717, 1.165) is 42.9 Å². The average molecular weight is 298 g/mol. The lowest BCUT2D eigenvalue weighted by atomic mass is 10.1. The number of carbonyl (C=O) groups is 1. The van der Waals surface area contributed by atoms with E-state index in [1.807, 2.05) is 31.2 Å². The van der Waals surface area contributed by atoms with Crippen LogP contribution in [0.25, 0.3) is 0 Å². The van der Waals surface area contributed by atoms with Crippen LogP contribution in [-0.2, 0) is 0 Å². The number of rotatable bonds is 3. The van der Waals surface area contributed by atoms with Gasteiger partial charge in [0.25, 0.3) is 5.91 Å². The largest absolute Gasteiger partial charge is 0.371 e. The minimum atomic E-state index is -0.376. The summed E-state index contributed by atoms with van der Waals surface area (Å²) in [7, 11) is 0. The topological polar surface area (TPSA) is 32.3 Å². The van der Waals surface area contributed by atoms with Gasteiger partial charge in [-0.1, -0.05) is 12.1 Å². The van der Waals surface area contributed by atoms with Crippen molar-refractivity contribution >= 4 is 17.3 Å². The molecule has 0 aliphatic carbocycles. The Morgan fingerprint density at radius 2 is 1.91 bits per heavy atom. The van der Waals surface area contributed by atoms with Crippen LogP contribution in [0.2, 0.25) is 0 Å². The smallest absolute Gasteiger partial charge is 0.255 e. The molecule has 114 valence electrons. The molecule has 3 rings (SSSR count). The van der Waals surface area contributed by atoms with E-state index in [-0.39, 0.29) is 11.7 Å². The zero-order valence-corrected chi connectivity index (χ0v) is 12.6. The lowest BCUT2D eigenvalue weighted by Gasteiger charge is -2.18. The van der Waals surface area contributed by atoms with Crippen molar-refractivity contribution in [3.8, 4) is 0 Å². The second kappa shape index (κ2) is 6.18. The maximum atomic E-state index is 13.8. The molecule has 1 amide bonds. The maximum Gasteiger partial charge on any atom is 0.255 e. The predicted octanol–water partition coefficient (Wildman–Crippen LogP) is 3.99. The highest BCUT2D eigenvalue weighted by Crippen LogP contribution is 2.23. The third-order valence-corrected chi connectivity index (χ3v) is 3.89. The number of anilines is 2. The van der Waals surface area contributed by atoms with Crippen LogP contribution in [0.5, 0.6) is 0 Å². The Morgan fingerprint density at radius 1 is 1.14 bits per heavy atom. The second-order valence-electron chi connectivity index (χ2n) is 5.72. The molecule has 1 aliphatic heterocycles. The van der Waals surface area contributed by atoms with Crippen LogP contribution in [0, 0.1) is 12.7 Å². The maximum absolute atomic E-state index is 13.8. The first-order chi connectivity index (χ1) is 10.6. The average Bonchev–Trinajstić information content (AvgIpc) is 3.01. The Morgan fingerprint density at radius 3 is 2.64 bits per heavy atom. The van der Waals surface area contributed by atoms with E-state index in [9.17, 15) is 9.18 Å². The summed E-state index contributed by atoms with van der Waals surface area (Å²) in [6.07, 6.45) is 2.22. The first-order valence-corrected chi connectivity index (χ1v) is 7.55. The van der Waals surface area contributed by atoms with Crippen LogP contribution in [0.3, 0.4) is 0 Å². The van der Waals surface area contributed by atoms with Gasteiger partial charge in [0, 0.05) is 30.0 Å². The zero-order chi connectivity index (χ0) is 15.5. The van der Waals surface area contributed by atoms with Gasteiger partial charge >= 0.3 is 0 Å². The molecule has 0 aromatic heterocycles. The van der Waals surface area contributed by atoms with Crippen LogP contribution < -0.4 is 10.2 Å². The molecular formula is C18H19FN2O. The normalized spacial score (nSPS) is 14.2. The number of hydrogen-bond donors (Lipinski definition) is 1. The highest BCUT2D eigenvalue weighted by atomic mass is 19.1. The van der Waals surface area contributed by atoms with Crippen molar-refractivity contribution in [2.75, 3.05) is 23.3 Å². The molecule has 0 saturated carbocycles. The summed E-state index contributed by atoms with van der Waals surface area (Å²) in [6, 6.07) is 12.1. The number of halogens is 1. The summed E-state index contributed by atoms with van der Waals surface area (Å²) < 4.78 is 13.8. The van der Waals surface area contributed by atoms with E-state index in [2.05, 4.69) is 10.2 Å². The van der Waals surface area contributed by atoms with Gasteiger partial charge in [-0.15, -0.1) is 0 Å². The Bertz CT molecular complexity index is 693. The first-order valence-electron chi connectivity index (χ1n) is 7.55. The van der Waals surface area contributed by atoms with Crippen molar-refractivity contribution in [3.63, 3.8) is 0 Å². The van der Waals surface area contributed by atoms with Crippen molar-refractivity contribution in [1.82, 2.24) is 0 Å². The number of aryl methyl sites for hydroxylation is 1. The molecule has 1 fully saturated rings. The van der Waals surface area contributed by atoms with Gasteiger partial charge in [0.15, 0.2) is 0 Å². The predicted molar refractivity (Wildman–Crippen MR) is 87.0 cm³/mol. The van der Waals surface area contributed by atoms with Crippen LogP contribution >= 0.6 is 0 Å². The Hall–Kier alpha value is -2.36. The van der Waals surface area contributed by atoms with Crippen molar-refractivity contribution in [1.29, 1.82) is 0 Å². The molecule has 1 N–H and O–H groups in total. The molecule has 0 bridgehead atoms. The molecule has 4 heteroatoms. The molecule has 0 radical (unpaired) electrons. The van der Waals surface area contributed by atoms with Gasteiger partial charge in [-0.3, -0.25) is 4.79 Å². The Labute approximate surface area is 129 Å². The van der Waals surface area contributed by atoms with Crippen LogP contribution in [0.1, 0.15) is 28.8 Å². The summed E-state index contributed by atoms with van der Waals surface area (Å²) in [4.78, 5) is 14.5. The third-order valence-electron chi connectivity index (χ3n) is 3.89. The summed E-state index contributed by atoms with van der Waals surface area (Å²) in [5.74, 6) is -0.663. The van der Waals surface area contributed by atoms with Crippen LogP contribution in [-0.4, -0.2) is 19.0 Å². The van der Waals surface area contributed by atoms with E-state index in [1.165, 1.54) is 12.1 Å². The van der Waals surface area contributed by atoms with E-state index < -0.39 is 0 Å². The highest BCUT2D eigenvalue weighted by Gasteiger charge is 2.16. The first kappa shape index (κ1) is 14.6. The van der Waals surface area contributed by atoms with Crippen LogP contribution in [0.15, 0.2) is 42.5 Å². The zero-order valence-electron chi connectivity index (χ0n) is 12.6. The number of nitrogens with zero attached hydrogens (tertiary/aromatic N) is 1. The molecule has 2 aromatic carbocycles. The van der Waals surface area contributed by atoms with E-state index in [4.69, 9.17) is 0 Å². The van der Waals surface area contributed by atoms with Gasteiger partial charge < -0.3 is 10.2 Å². The molecule has 0 unspecified atom stereocenters. The molecule has 1 aliphatic rings. The Kier molecular flexibility index (Phi) is 4.09. The number of amides is 1. The molecule has 22 heavy (non-hydrogen) atoms. The van der Waals surface area contributed by atoms with Crippen molar-refractivity contribution in [2.24, 2.45) is 0 Å². The number of nitrogens with one attached hydrogen (secondary N) is 1. The van der Waals surface area contributed by atoms with E-state index in [0.29, 0.717) is 5.56 Å². The summed E-state index contributed by atoms with van der Waals surface area (Å²) in [5, 5.41) is 2.82. The van der Waals surface area contributed by atoms with E-state index >= 15 is 0 Å². The standard InChI is InChI=1S/C18H19FN2O/c1-13-5-4-6-16(9-13)20-18(22)14-10-15(19)12-17(11-14)21-7-2-3-8-21/h4-6,9-12H,2-3,7-8H2,1H3,(H,20,22). The molecule has 0 atom stereocenters. The molecule has 2 aromatic rings. The molecule has 3 nitrogen and oxygen atoms in total. The number of carbonyl (C=O) groups excluding carboxylic acids is 1. The quantitative estimate of drug-likeness (QED) is 0.929. The van der Waals surface area contributed by atoms with Gasteiger partial charge in [0.1, 0.15) is 5.82 Å². The molecule has 1 heterocycles. The molecular weight excluding hydrogens is 279 g/mol. The molecule has 0 spiro atoms. The Balaban J connectivity index is 1.82. The fourth-order valence-corrected chi connectivity index (χ4v) is 2.79. The lowest BCUT2D eigenvalue weighted by Crippen LogP contribution is -2.19. The highest BCUT2D eigenvalue weighted by molar-refractivity contribution is 6.04. The van der Waals surface area contributed by atoms with Crippen molar-refractivity contribution < 1.29 is 9.18 Å². The van der Waals surface area contributed by atoms with Crippen molar-refractivity contribution in [2.45, 2.75) is 19.8 Å². The number of hydrogen-bond acceptors (Lipinski definition) is 2. The second-order valence-corrected chi connectivity index (χ2v) is 5.72.